The number of benzene rings is 3. The second kappa shape index (κ2) is 10.4. The number of carbonyl (C=O) groups excluding carboxylic acids is 4. The number of hydrogen-bond acceptors (Lipinski definition) is 7. The molecule has 7 rings (SSSR count). The summed E-state index contributed by atoms with van der Waals surface area (Å²) in [6.07, 6.45) is 2.36. The van der Waals surface area contributed by atoms with Crippen LogP contribution in [0.5, 0.6) is 11.5 Å². The van der Waals surface area contributed by atoms with Crippen molar-refractivity contribution < 1.29 is 29.0 Å². The number of methoxy groups -OCH3 is 1. The molecule has 0 unspecified atom stereocenters. The van der Waals surface area contributed by atoms with Crippen LogP contribution in [0.25, 0.3) is 0 Å². The monoisotopic (exact) mass is 631 g/mol. The van der Waals surface area contributed by atoms with Gasteiger partial charge >= 0.3 is 0 Å². The lowest BCUT2D eigenvalue weighted by Crippen LogP contribution is -2.53. The SMILES string of the molecule is COc1ccc([C@@]23C(=O)N(Nc4ccc(Cl)cc4Cl)C(=O)[C@@H]2C[C@@H]2C(=CC[C@@H]4C(=O)NC(=O)[C@@H]42)[C@@H]3c2ccccc2O)cc1. The van der Waals surface area contributed by atoms with Gasteiger partial charge in [-0.15, -0.1) is 0 Å². The Morgan fingerprint density at radius 2 is 1.73 bits per heavy atom. The second-order valence-electron chi connectivity index (χ2n) is 11.6. The Hall–Kier alpha value is -4.34. The van der Waals surface area contributed by atoms with E-state index in [-0.39, 0.29) is 29.0 Å². The Bertz CT molecular complexity index is 1780. The molecule has 0 aromatic heterocycles. The maximum atomic E-state index is 15.0. The van der Waals surface area contributed by atoms with Crippen molar-refractivity contribution in [1.29, 1.82) is 0 Å². The van der Waals surface area contributed by atoms with E-state index in [0.29, 0.717) is 34.0 Å². The van der Waals surface area contributed by atoms with E-state index >= 15 is 4.79 Å². The Labute approximate surface area is 262 Å². The molecule has 2 aliphatic heterocycles. The van der Waals surface area contributed by atoms with Gasteiger partial charge < -0.3 is 9.84 Å². The van der Waals surface area contributed by atoms with Gasteiger partial charge in [0.1, 0.15) is 11.5 Å². The summed E-state index contributed by atoms with van der Waals surface area (Å²) in [5.74, 6) is -4.83. The van der Waals surface area contributed by atoms with Crippen LogP contribution in [0.2, 0.25) is 10.0 Å². The molecule has 1 saturated carbocycles. The number of nitrogens with one attached hydrogen (secondary N) is 2. The number of halogens is 2. The van der Waals surface area contributed by atoms with Gasteiger partial charge in [0, 0.05) is 16.5 Å². The average molecular weight is 633 g/mol. The topological polar surface area (TPSA) is 125 Å². The van der Waals surface area contributed by atoms with Gasteiger partial charge in [-0.3, -0.25) is 29.9 Å². The fourth-order valence-corrected chi connectivity index (χ4v) is 8.28. The zero-order valence-corrected chi connectivity index (χ0v) is 24.9. The Kier molecular flexibility index (Phi) is 6.71. The fourth-order valence-electron chi connectivity index (χ4n) is 7.83. The van der Waals surface area contributed by atoms with Crippen molar-refractivity contribution in [2.75, 3.05) is 12.5 Å². The highest BCUT2D eigenvalue weighted by molar-refractivity contribution is 6.36. The lowest BCUT2D eigenvalue weighted by molar-refractivity contribution is -0.138. The quantitative estimate of drug-likeness (QED) is 0.268. The first-order valence-corrected chi connectivity index (χ1v) is 15.0. The molecular weight excluding hydrogens is 605 g/mol. The minimum absolute atomic E-state index is 0.0489. The first kappa shape index (κ1) is 28.4. The average Bonchev–Trinajstić information content (AvgIpc) is 3.42. The summed E-state index contributed by atoms with van der Waals surface area (Å²) in [5.41, 5.74) is 3.46. The Morgan fingerprint density at radius 3 is 2.43 bits per heavy atom. The number of imide groups is 2. The molecule has 3 aromatic carbocycles. The predicted molar refractivity (Wildman–Crippen MR) is 162 cm³/mol. The number of anilines is 1. The summed E-state index contributed by atoms with van der Waals surface area (Å²) in [7, 11) is 1.54. The molecule has 3 aromatic rings. The molecule has 0 bridgehead atoms. The number of fused-ring (bicyclic) bond motifs is 4. The lowest BCUT2D eigenvalue weighted by Gasteiger charge is -2.50. The number of phenols is 1. The first-order valence-electron chi connectivity index (χ1n) is 14.2. The minimum Gasteiger partial charge on any atom is -0.508 e. The van der Waals surface area contributed by atoms with E-state index < -0.39 is 46.8 Å². The van der Waals surface area contributed by atoms with Crippen LogP contribution < -0.4 is 15.5 Å². The van der Waals surface area contributed by atoms with Crippen LogP contribution in [0.15, 0.2) is 78.4 Å². The molecular formula is C33H27Cl2N3O6. The normalized spacial score (nSPS) is 29.0. The van der Waals surface area contributed by atoms with Gasteiger partial charge in [-0.25, -0.2) is 0 Å². The Balaban J connectivity index is 1.48. The van der Waals surface area contributed by atoms with E-state index in [1.54, 1.807) is 60.7 Å². The highest BCUT2D eigenvalue weighted by Crippen LogP contribution is 2.64. The summed E-state index contributed by atoms with van der Waals surface area (Å²) in [6.45, 7) is 0. The van der Waals surface area contributed by atoms with Crippen LogP contribution >= 0.6 is 23.2 Å². The maximum Gasteiger partial charge on any atom is 0.260 e. The van der Waals surface area contributed by atoms with Crippen molar-refractivity contribution in [3.8, 4) is 11.5 Å². The number of nitrogens with zero attached hydrogens (tertiary/aromatic N) is 1. The zero-order chi connectivity index (χ0) is 30.9. The second-order valence-corrected chi connectivity index (χ2v) is 12.5. The summed E-state index contributed by atoms with van der Waals surface area (Å²) in [5, 5.41) is 15.3. The summed E-state index contributed by atoms with van der Waals surface area (Å²) in [4.78, 5) is 55.4. The largest absolute Gasteiger partial charge is 0.508 e. The molecule has 4 amide bonds. The number of hydrogen-bond donors (Lipinski definition) is 3. The number of carbonyl (C=O) groups is 4. The van der Waals surface area contributed by atoms with Crippen LogP contribution in [-0.4, -0.2) is 40.9 Å². The summed E-state index contributed by atoms with van der Waals surface area (Å²) < 4.78 is 5.39. The fraction of sp³-hybridized carbons (Fsp3) is 0.273. The van der Waals surface area contributed by atoms with Gasteiger partial charge in [0.2, 0.25) is 11.8 Å². The standard InChI is InChI=1S/C33H27Cl2N3O6/c1-44-18-9-6-16(7-10-18)33-23(31(42)38(32(33)43)37-25-13-8-17(34)14-24(25)35)15-22-19(28(33)20-4-2-3-5-26(20)39)11-12-21-27(22)30(41)36-29(21)40/h2-11,13-14,21-23,27-28,37,39H,12,15H2,1H3,(H,36,40,41)/t21-,22+,23-,27-,28+,33+/m0/s1. The molecule has 2 heterocycles. The third kappa shape index (κ3) is 3.99. The smallest absolute Gasteiger partial charge is 0.260 e. The predicted octanol–water partition coefficient (Wildman–Crippen LogP) is 4.98. The molecule has 2 saturated heterocycles. The molecule has 3 N–H and O–H groups in total. The van der Waals surface area contributed by atoms with Crippen molar-refractivity contribution >= 4 is 52.5 Å². The van der Waals surface area contributed by atoms with Gasteiger partial charge in [-0.1, -0.05) is 65.2 Å². The van der Waals surface area contributed by atoms with Gasteiger partial charge in [0.15, 0.2) is 0 Å². The van der Waals surface area contributed by atoms with Crippen molar-refractivity contribution in [3.63, 3.8) is 0 Å². The molecule has 3 fully saturated rings. The molecule has 9 nitrogen and oxygen atoms in total. The number of phenolic OH excluding ortho intramolecular Hbond substituents is 1. The van der Waals surface area contributed by atoms with Crippen molar-refractivity contribution in [3.05, 3.63) is 99.6 Å². The van der Waals surface area contributed by atoms with Crippen molar-refractivity contribution in [2.45, 2.75) is 24.2 Å². The van der Waals surface area contributed by atoms with E-state index in [9.17, 15) is 19.5 Å². The molecule has 6 atom stereocenters. The molecule has 11 heteroatoms. The highest BCUT2D eigenvalue weighted by Gasteiger charge is 2.70. The van der Waals surface area contributed by atoms with Gasteiger partial charge in [0.25, 0.3) is 11.8 Å². The number of para-hydroxylation sites is 1. The first-order chi connectivity index (χ1) is 21.2. The molecule has 0 radical (unpaired) electrons. The third-order valence-electron chi connectivity index (χ3n) is 9.67. The van der Waals surface area contributed by atoms with E-state index in [2.05, 4.69) is 10.7 Å². The molecule has 4 aliphatic rings. The molecule has 2 aliphatic carbocycles. The molecule has 44 heavy (non-hydrogen) atoms. The zero-order valence-electron chi connectivity index (χ0n) is 23.4. The van der Waals surface area contributed by atoms with Crippen molar-refractivity contribution in [1.82, 2.24) is 10.3 Å². The number of aromatic hydroxyl groups is 1. The number of ether oxygens (including phenoxy) is 1. The van der Waals surface area contributed by atoms with Crippen LogP contribution in [-0.2, 0) is 24.6 Å². The Morgan fingerprint density at radius 1 is 0.977 bits per heavy atom. The van der Waals surface area contributed by atoms with E-state index in [1.807, 2.05) is 6.08 Å². The van der Waals surface area contributed by atoms with Gasteiger partial charge in [-0.05, 0) is 60.7 Å². The van der Waals surface area contributed by atoms with Crippen LogP contribution in [0.3, 0.4) is 0 Å². The number of hydrazine groups is 1. The molecule has 224 valence electrons. The third-order valence-corrected chi connectivity index (χ3v) is 10.2. The number of allylic oxidation sites excluding steroid dienone is 2. The van der Waals surface area contributed by atoms with Gasteiger partial charge in [0.05, 0.1) is 41.0 Å². The minimum atomic E-state index is -1.53. The van der Waals surface area contributed by atoms with E-state index in [4.69, 9.17) is 27.9 Å². The van der Waals surface area contributed by atoms with Gasteiger partial charge in [-0.2, -0.15) is 5.01 Å². The summed E-state index contributed by atoms with van der Waals surface area (Å²) >= 11 is 12.5. The van der Waals surface area contributed by atoms with E-state index in [0.717, 1.165) is 10.6 Å². The maximum absolute atomic E-state index is 15.0. The van der Waals surface area contributed by atoms with E-state index in [1.165, 1.54) is 13.2 Å². The number of amides is 4. The molecule has 0 spiro atoms. The highest BCUT2D eigenvalue weighted by atomic mass is 35.5. The van der Waals surface area contributed by atoms with Crippen LogP contribution in [0.1, 0.15) is 29.9 Å². The summed E-state index contributed by atoms with van der Waals surface area (Å²) in [6, 6.07) is 18.4. The van der Waals surface area contributed by atoms with Crippen LogP contribution in [0.4, 0.5) is 5.69 Å². The lowest BCUT2D eigenvalue weighted by atomic mass is 9.49. The van der Waals surface area contributed by atoms with Crippen molar-refractivity contribution in [2.24, 2.45) is 23.7 Å². The van der Waals surface area contributed by atoms with Crippen LogP contribution in [0, 0.1) is 23.7 Å². The number of rotatable bonds is 5.